The number of rotatable bonds is 6. The van der Waals surface area contributed by atoms with Crippen molar-refractivity contribution in [2.24, 2.45) is 0 Å². The Morgan fingerprint density at radius 1 is 1.06 bits per heavy atom. The minimum Gasteiger partial charge on any atom is -0.481 e. The second kappa shape index (κ2) is 9.71. The van der Waals surface area contributed by atoms with E-state index in [1.54, 1.807) is 30.1 Å². The number of para-hydroxylation sites is 1. The number of benzene rings is 2. The number of carboxylic acids is 1. The quantitative estimate of drug-likeness (QED) is 0.548. The fraction of sp³-hybridized carbons (Fsp3) is 0.407. The number of sulfonamides is 1. The summed E-state index contributed by atoms with van der Waals surface area (Å²) in [5.41, 5.74) is 3.20. The van der Waals surface area contributed by atoms with Gasteiger partial charge in [0.05, 0.1) is 11.3 Å². The van der Waals surface area contributed by atoms with Crippen LogP contribution in [0.25, 0.3) is 10.9 Å². The number of carboxylic acid groups (broad SMARTS) is 1. The van der Waals surface area contributed by atoms with Crippen LogP contribution in [-0.2, 0) is 34.2 Å². The van der Waals surface area contributed by atoms with Gasteiger partial charge in [0.25, 0.3) is 5.91 Å². The van der Waals surface area contributed by atoms with Gasteiger partial charge >= 0.3 is 5.97 Å². The monoisotopic (exact) mass is 509 g/mol. The van der Waals surface area contributed by atoms with E-state index in [0.717, 1.165) is 41.4 Å². The van der Waals surface area contributed by atoms with E-state index in [9.17, 15) is 23.1 Å². The van der Waals surface area contributed by atoms with E-state index in [1.807, 2.05) is 24.3 Å². The van der Waals surface area contributed by atoms with Crippen LogP contribution < -0.4 is 0 Å². The second-order valence-electron chi connectivity index (χ2n) is 9.72. The standard InChI is InChI=1S/C27H31N3O5S/c1-28(27(33)19-8-7-9-21(16-19)36(34,35)29-14-5-2-6-15-29)20-12-13-25-23(17-26(31)32)22-10-3-4-11-24(22)30(25)18-20/h3-4,7-11,16,20H,2,5-6,12-15,17-18H2,1H3,(H,31,32). The molecule has 2 aliphatic heterocycles. The molecule has 1 amide bonds. The lowest BCUT2D eigenvalue weighted by Crippen LogP contribution is -2.42. The molecule has 190 valence electrons. The number of carbonyl (C=O) groups is 2. The van der Waals surface area contributed by atoms with Crippen LogP contribution in [0.5, 0.6) is 0 Å². The largest absolute Gasteiger partial charge is 0.481 e. The molecule has 2 aliphatic rings. The molecule has 0 bridgehead atoms. The predicted molar refractivity (Wildman–Crippen MR) is 137 cm³/mol. The first-order valence-corrected chi connectivity index (χ1v) is 13.9. The topological polar surface area (TPSA) is 99.9 Å². The molecule has 0 saturated carbocycles. The Balaban J connectivity index is 1.39. The number of nitrogens with zero attached hydrogens (tertiary/aromatic N) is 3. The summed E-state index contributed by atoms with van der Waals surface area (Å²) in [5.74, 6) is -1.08. The number of aliphatic carboxylic acids is 1. The summed E-state index contributed by atoms with van der Waals surface area (Å²) in [7, 11) is -1.87. The van der Waals surface area contributed by atoms with Crippen molar-refractivity contribution in [3.63, 3.8) is 0 Å². The average Bonchev–Trinajstić information content (AvgIpc) is 3.21. The average molecular weight is 510 g/mol. The molecule has 5 rings (SSSR count). The number of likely N-dealkylation sites (N-methyl/N-ethyl adjacent to an activating group) is 1. The van der Waals surface area contributed by atoms with Crippen molar-refractivity contribution in [2.45, 2.75) is 56.0 Å². The van der Waals surface area contributed by atoms with Gasteiger partial charge in [0.2, 0.25) is 10.0 Å². The molecule has 9 heteroatoms. The number of carbonyl (C=O) groups excluding carboxylic acids is 1. The van der Waals surface area contributed by atoms with Crippen LogP contribution >= 0.6 is 0 Å². The van der Waals surface area contributed by atoms with Crippen LogP contribution in [0.3, 0.4) is 0 Å². The van der Waals surface area contributed by atoms with Gasteiger partial charge in [0.1, 0.15) is 0 Å². The molecule has 2 aromatic carbocycles. The second-order valence-corrected chi connectivity index (χ2v) is 11.7. The van der Waals surface area contributed by atoms with E-state index in [0.29, 0.717) is 38.0 Å². The molecule has 1 unspecified atom stereocenters. The molecule has 1 atom stereocenters. The van der Waals surface area contributed by atoms with Crippen molar-refractivity contribution in [1.29, 1.82) is 0 Å². The molecule has 0 radical (unpaired) electrons. The maximum absolute atomic E-state index is 13.5. The van der Waals surface area contributed by atoms with Crippen LogP contribution in [0, 0.1) is 0 Å². The molecule has 36 heavy (non-hydrogen) atoms. The highest BCUT2D eigenvalue weighted by Crippen LogP contribution is 2.33. The van der Waals surface area contributed by atoms with Gasteiger partial charge in [-0.05, 0) is 55.5 Å². The van der Waals surface area contributed by atoms with Gasteiger partial charge in [-0.3, -0.25) is 9.59 Å². The van der Waals surface area contributed by atoms with Gasteiger partial charge in [-0.2, -0.15) is 4.31 Å². The first-order valence-electron chi connectivity index (χ1n) is 12.5. The molecular formula is C27H31N3O5S. The molecular weight excluding hydrogens is 478 g/mol. The number of hydrogen-bond acceptors (Lipinski definition) is 4. The Morgan fingerprint density at radius 3 is 2.56 bits per heavy atom. The summed E-state index contributed by atoms with van der Waals surface area (Å²) >= 11 is 0. The van der Waals surface area contributed by atoms with Crippen molar-refractivity contribution in [3.05, 3.63) is 65.4 Å². The Kier molecular flexibility index (Phi) is 6.61. The molecule has 1 aromatic heterocycles. The molecule has 0 aliphatic carbocycles. The van der Waals surface area contributed by atoms with Crippen molar-refractivity contribution in [1.82, 2.24) is 13.8 Å². The minimum atomic E-state index is -3.63. The third kappa shape index (κ3) is 4.41. The first kappa shape index (κ1) is 24.5. The number of fused-ring (bicyclic) bond motifs is 3. The summed E-state index contributed by atoms with van der Waals surface area (Å²) in [6.45, 7) is 1.59. The molecule has 8 nitrogen and oxygen atoms in total. The third-order valence-electron chi connectivity index (χ3n) is 7.53. The lowest BCUT2D eigenvalue weighted by Gasteiger charge is -2.33. The summed E-state index contributed by atoms with van der Waals surface area (Å²) in [6, 6.07) is 14.1. The van der Waals surface area contributed by atoms with Crippen molar-refractivity contribution in [2.75, 3.05) is 20.1 Å². The lowest BCUT2D eigenvalue weighted by molar-refractivity contribution is -0.136. The molecule has 1 N–H and O–H groups in total. The van der Waals surface area contributed by atoms with Gasteiger partial charge in [-0.15, -0.1) is 0 Å². The Labute approximate surface area is 211 Å². The summed E-state index contributed by atoms with van der Waals surface area (Å²) in [5, 5.41) is 10.4. The maximum Gasteiger partial charge on any atom is 0.307 e. The Hall–Kier alpha value is -3.17. The zero-order valence-electron chi connectivity index (χ0n) is 20.4. The maximum atomic E-state index is 13.5. The van der Waals surface area contributed by atoms with Crippen LogP contribution in [0.2, 0.25) is 0 Å². The molecule has 1 fully saturated rings. The van der Waals surface area contributed by atoms with Gasteiger partial charge in [-0.1, -0.05) is 30.7 Å². The number of amides is 1. The van der Waals surface area contributed by atoms with E-state index in [-0.39, 0.29) is 23.3 Å². The van der Waals surface area contributed by atoms with Crippen LogP contribution in [0.15, 0.2) is 53.4 Å². The molecule has 3 aromatic rings. The molecule has 1 saturated heterocycles. The highest BCUT2D eigenvalue weighted by Gasteiger charge is 2.31. The summed E-state index contributed by atoms with van der Waals surface area (Å²) < 4.78 is 29.9. The van der Waals surface area contributed by atoms with Crippen LogP contribution in [0.1, 0.15) is 47.3 Å². The Bertz CT molecular complexity index is 1420. The van der Waals surface area contributed by atoms with E-state index >= 15 is 0 Å². The van der Waals surface area contributed by atoms with Crippen LogP contribution in [0.4, 0.5) is 0 Å². The highest BCUT2D eigenvalue weighted by molar-refractivity contribution is 7.89. The Morgan fingerprint density at radius 2 is 1.81 bits per heavy atom. The van der Waals surface area contributed by atoms with Gasteiger partial charge in [0.15, 0.2) is 0 Å². The van der Waals surface area contributed by atoms with Gasteiger partial charge in [0, 0.05) is 54.9 Å². The summed E-state index contributed by atoms with van der Waals surface area (Å²) in [6.07, 6.45) is 4.09. The van der Waals surface area contributed by atoms with E-state index in [2.05, 4.69) is 4.57 Å². The van der Waals surface area contributed by atoms with Crippen molar-refractivity contribution < 1.29 is 23.1 Å². The smallest absolute Gasteiger partial charge is 0.307 e. The van der Waals surface area contributed by atoms with E-state index < -0.39 is 16.0 Å². The minimum absolute atomic E-state index is 0.0272. The molecule has 3 heterocycles. The van der Waals surface area contributed by atoms with Crippen molar-refractivity contribution in [3.8, 4) is 0 Å². The lowest BCUT2D eigenvalue weighted by atomic mass is 9.99. The summed E-state index contributed by atoms with van der Waals surface area (Å²) in [4.78, 5) is 26.8. The van der Waals surface area contributed by atoms with Gasteiger partial charge in [-0.25, -0.2) is 8.42 Å². The first-order chi connectivity index (χ1) is 17.3. The normalized spacial score (nSPS) is 18.6. The van der Waals surface area contributed by atoms with E-state index in [4.69, 9.17) is 0 Å². The van der Waals surface area contributed by atoms with Gasteiger partial charge < -0.3 is 14.6 Å². The van der Waals surface area contributed by atoms with Crippen LogP contribution in [-0.4, -0.2) is 65.4 Å². The highest BCUT2D eigenvalue weighted by atomic mass is 32.2. The van der Waals surface area contributed by atoms with Crippen molar-refractivity contribution >= 4 is 32.8 Å². The SMILES string of the molecule is CN(C(=O)c1cccc(S(=O)(=O)N2CCCCC2)c1)C1CCc2c(CC(=O)O)c3ccccc3n2C1. The zero-order valence-corrected chi connectivity index (χ0v) is 21.2. The number of piperidine rings is 1. The van der Waals surface area contributed by atoms with E-state index in [1.165, 1.54) is 10.4 Å². The third-order valence-corrected chi connectivity index (χ3v) is 9.43. The molecule has 0 spiro atoms. The number of aromatic nitrogens is 1. The fourth-order valence-electron chi connectivity index (χ4n) is 5.61. The number of hydrogen-bond donors (Lipinski definition) is 1. The fourth-order valence-corrected chi connectivity index (χ4v) is 7.17. The zero-order chi connectivity index (χ0) is 25.4. The predicted octanol–water partition coefficient (Wildman–Crippen LogP) is 3.53.